The van der Waals surface area contributed by atoms with Crippen molar-refractivity contribution >= 4 is 11.9 Å². The highest BCUT2D eigenvalue weighted by atomic mass is 16.5. The third kappa shape index (κ3) is 3.90. The Kier molecular flexibility index (Phi) is 4.93. The summed E-state index contributed by atoms with van der Waals surface area (Å²) < 4.78 is 5.10. The molecule has 0 aliphatic carbocycles. The summed E-state index contributed by atoms with van der Waals surface area (Å²) in [5, 5.41) is 10.1. The minimum atomic E-state index is 0.119. The van der Waals surface area contributed by atoms with Gasteiger partial charge >= 0.3 is 0 Å². The van der Waals surface area contributed by atoms with E-state index in [1.54, 1.807) is 17.2 Å². The number of quaternary nitrogens is 1. The number of hydrogen-bond acceptors (Lipinski definition) is 3. The van der Waals surface area contributed by atoms with Crippen molar-refractivity contribution in [3.63, 3.8) is 0 Å². The van der Waals surface area contributed by atoms with Gasteiger partial charge in [0, 0.05) is 30.2 Å². The van der Waals surface area contributed by atoms with Crippen molar-refractivity contribution in [3.05, 3.63) is 53.6 Å². The maximum atomic E-state index is 10.1. The Labute approximate surface area is 137 Å². The summed E-state index contributed by atoms with van der Waals surface area (Å²) in [7, 11) is 1.54. The monoisotopic (exact) mass is 311 g/mol. The number of phenols is 1. The summed E-state index contributed by atoms with van der Waals surface area (Å²) in [5.74, 6) is 0.575. The second-order valence-electron chi connectivity index (χ2n) is 5.96. The van der Waals surface area contributed by atoms with Crippen molar-refractivity contribution < 1.29 is 14.7 Å². The number of rotatable bonds is 5. The Balaban J connectivity index is 1.68. The molecule has 3 rings (SSSR count). The van der Waals surface area contributed by atoms with Gasteiger partial charge in [-0.1, -0.05) is 18.2 Å². The van der Waals surface area contributed by atoms with E-state index in [9.17, 15) is 5.11 Å². The highest BCUT2D eigenvalue weighted by Crippen LogP contribution is 2.28. The molecule has 4 heteroatoms. The first-order chi connectivity index (χ1) is 11.3. The molecule has 1 fully saturated rings. The predicted octanol–water partition coefficient (Wildman–Crippen LogP) is 2.33. The topological polar surface area (TPSA) is 46.3 Å². The first-order valence-electron chi connectivity index (χ1n) is 8.09. The second-order valence-corrected chi connectivity index (χ2v) is 5.96. The van der Waals surface area contributed by atoms with Gasteiger partial charge in [0.1, 0.15) is 6.54 Å². The van der Waals surface area contributed by atoms with Gasteiger partial charge in [0.15, 0.2) is 11.5 Å². The van der Waals surface area contributed by atoms with Crippen LogP contribution in [0.5, 0.6) is 11.5 Å². The van der Waals surface area contributed by atoms with Crippen LogP contribution in [0.15, 0.2) is 47.5 Å². The lowest BCUT2D eigenvalue weighted by molar-refractivity contribution is -0.901. The number of aromatic hydroxyl groups is 1. The summed E-state index contributed by atoms with van der Waals surface area (Å²) in [5.41, 5.74) is 2.88. The van der Waals surface area contributed by atoms with Gasteiger partial charge < -0.3 is 14.7 Å². The number of nitrogens with one attached hydrogen (secondary N) is 1. The first kappa shape index (κ1) is 15.6. The Morgan fingerprint density at radius 3 is 2.57 bits per heavy atom. The van der Waals surface area contributed by atoms with Gasteiger partial charge in [-0.2, -0.15) is 0 Å². The zero-order chi connectivity index (χ0) is 16.1. The summed E-state index contributed by atoms with van der Waals surface area (Å²) >= 11 is 0. The molecule has 0 bridgehead atoms. The van der Waals surface area contributed by atoms with Crippen LogP contribution in [0.4, 0.5) is 5.69 Å². The average Bonchev–Trinajstić information content (AvgIpc) is 3.08. The Morgan fingerprint density at radius 1 is 1.13 bits per heavy atom. The summed E-state index contributed by atoms with van der Waals surface area (Å²) in [6, 6.07) is 13.7. The third-order valence-corrected chi connectivity index (χ3v) is 4.30. The molecule has 0 atom stereocenters. The average molecular weight is 311 g/mol. The number of hydrogen-bond donors (Lipinski definition) is 2. The number of methoxy groups -OCH3 is 1. The molecular weight excluding hydrogens is 288 g/mol. The molecular formula is C19H23N2O2+. The smallest absolute Gasteiger partial charge is 0.166 e. The van der Waals surface area contributed by atoms with Crippen LogP contribution in [0.1, 0.15) is 24.0 Å². The highest BCUT2D eigenvalue weighted by Gasteiger charge is 2.15. The van der Waals surface area contributed by atoms with E-state index in [0.29, 0.717) is 11.3 Å². The molecule has 0 amide bonds. The standard InChI is InChI=1S/C19H22N2O2/c1-23-18-6-4-5-16(19(18)22)13-20-17-9-7-15(8-10-17)14-21-11-2-3-12-21/h4-10,13,22H,2-3,11-12,14H2,1H3/p+1. The van der Waals surface area contributed by atoms with Crippen LogP contribution in [0.25, 0.3) is 0 Å². The molecule has 120 valence electrons. The van der Waals surface area contributed by atoms with Crippen LogP contribution in [-0.4, -0.2) is 31.5 Å². The van der Waals surface area contributed by atoms with Gasteiger partial charge in [-0.3, -0.25) is 4.99 Å². The number of benzene rings is 2. The van der Waals surface area contributed by atoms with Crippen molar-refractivity contribution in [1.82, 2.24) is 0 Å². The molecule has 4 nitrogen and oxygen atoms in total. The molecule has 0 aromatic heterocycles. The lowest BCUT2D eigenvalue weighted by atomic mass is 10.2. The number of likely N-dealkylation sites (tertiary alicyclic amines) is 1. The molecule has 0 unspecified atom stereocenters. The van der Waals surface area contributed by atoms with Crippen molar-refractivity contribution in [2.45, 2.75) is 19.4 Å². The lowest BCUT2D eigenvalue weighted by Gasteiger charge is -2.11. The molecule has 2 N–H and O–H groups in total. The third-order valence-electron chi connectivity index (χ3n) is 4.30. The Morgan fingerprint density at radius 2 is 1.87 bits per heavy atom. The van der Waals surface area contributed by atoms with Crippen LogP contribution in [-0.2, 0) is 6.54 Å². The molecule has 23 heavy (non-hydrogen) atoms. The minimum Gasteiger partial charge on any atom is -0.504 e. The van der Waals surface area contributed by atoms with Crippen LogP contribution < -0.4 is 9.64 Å². The molecule has 1 heterocycles. The first-order valence-corrected chi connectivity index (χ1v) is 8.09. The number of phenolic OH excluding ortho intramolecular Hbond substituents is 1. The fourth-order valence-corrected chi connectivity index (χ4v) is 2.99. The molecule has 2 aromatic carbocycles. The fourth-order valence-electron chi connectivity index (χ4n) is 2.99. The summed E-state index contributed by atoms with van der Waals surface area (Å²) in [6.07, 6.45) is 4.36. The van der Waals surface area contributed by atoms with Gasteiger partial charge in [-0.25, -0.2) is 0 Å². The van der Waals surface area contributed by atoms with E-state index in [4.69, 9.17) is 4.74 Å². The van der Waals surface area contributed by atoms with Crippen LogP contribution in [0.2, 0.25) is 0 Å². The van der Waals surface area contributed by atoms with Crippen LogP contribution in [0.3, 0.4) is 0 Å². The van der Waals surface area contributed by atoms with Gasteiger partial charge in [-0.05, 0) is 24.3 Å². The van der Waals surface area contributed by atoms with E-state index in [1.165, 1.54) is 38.6 Å². The van der Waals surface area contributed by atoms with E-state index in [0.717, 1.165) is 12.2 Å². The maximum Gasteiger partial charge on any atom is 0.166 e. The Hall–Kier alpha value is -2.33. The number of aliphatic imine (C=N–C) groups is 1. The highest BCUT2D eigenvalue weighted by molar-refractivity contribution is 5.86. The largest absolute Gasteiger partial charge is 0.504 e. The van der Waals surface area contributed by atoms with E-state index < -0.39 is 0 Å². The van der Waals surface area contributed by atoms with Crippen molar-refractivity contribution in [2.75, 3.05) is 20.2 Å². The second kappa shape index (κ2) is 7.29. The van der Waals surface area contributed by atoms with E-state index in [2.05, 4.69) is 17.1 Å². The van der Waals surface area contributed by atoms with E-state index in [1.807, 2.05) is 24.3 Å². The number of para-hydroxylation sites is 1. The van der Waals surface area contributed by atoms with Crippen molar-refractivity contribution in [2.24, 2.45) is 4.99 Å². The molecule has 1 aliphatic rings. The summed E-state index contributed by atoms with van der Waals surface area (Å²) in [6.45, 7) is 3.67. The van der Waals surface area contributed by atoms with Gasteiger partial charge in [0.25, 0.3) is 0 Å². The maximum absolute atomic E-state index is 10.1. The van der Waals surface area contributed by atoms with Crippen LogP contribution in [0, 0.1) is 0 Å². The van der Waals surface area contributed by atoms with Crippen molar-refractivity contribution in [3.8, 4) is 11.5 Å². The molecule has 0 radical (unpaired) electrons. The fraction of sp³-hybridized carbons (Fsp3) is 0.316. The lowest BCUT2D eigenvalue weighted by Crippen LogP contribution is -3.08. The SMILES string of the molecule is COc1cccc(C=Nc2ccc(C[NH+]3CCCC3)cc2)c1O. The van der Waals surface area contributed by atoms with Gasteiger partial charge in [0.2, 0.25) is 0 Å². The van der Waals surface area contributed by atoms with Crippen LogP contribution >= 0.6 is 0 Å². The zero-order valence-electron chi connectivity index (χ0n) is 13.5. The number of ether oxygens (including phenoxy) is 1. The zero-order valence-corrected chi connectivity index (χ0v) is 13.5. The molecule has 0 saturated carbocycles. The van der Waals surface area contributed by atoms with E-state index in [-0.39, 0.29) is 5.75 Å². The van der Waals surface area contributed by atoms with E-state index >= 15 is 0 Å². The number of nitrogens with zero attached hydrogens (tertiary/aromatic N) is 1. The molecule has 1 aliphatic heterocycles. The summed E-state index contributed by atoms with van der Waals surface area (Å²) in [4.78, 5) is 6.11. The van der Waals surface area contributed by atoms with Gasteiger partial charge in [-0.15, -0.1) is 0 Å². The molecule has 0 spiro atoms. The Bertz CT molecular complexity index is 674. The molecule has 2 aromatic rings. The minimum absolute atomic E-state index is 0.119. The van der Waals surface area contributed by atoms with Crippen molar-refractivity contribution in [1.29, 1.82) is 0 Å². The normalized spacial score (nSPS) is 15.3. The predicted molar refractivity (Wildman–Crippen MR) is 92.0 cm³/mol. The van der Waals surface area contributed by atoms with Gasteiger partial charge in [0.05, 0.1) is 25.9 Å². The molecule has 1 saturated heterocycles. The quantitative estimate of drug-likeness (QED) is 0.833.